The third-order valence-electron chi connectivity index (χ3n) is 2.19. The number of hydrogen-bond donors (Lipinski definition) is 0. The van der Waals surface area contributed by atoms with E-state index in [1.54, 1.807) is 0 Å². The van der Waals surface area contributed by atoms with Crippen LogP contribution >= 0.6 is 0 Å². The number of rotatable bonds is 1. The Bertz CT molecular complexity index is 163. The summed E-state index contributed by atoms with van der Waals surface area (Å²) in [6.07, 6.45) is 7.09. The van der Waals surface area contributed by atoms with Gasteiger partial charge in [0.05, 0.1) is 0 Å². The van der Waals surface area contributed by atoms with Crippen molar-refractivity contribution in [2.75, 3.05) is 0 Å². The molecule has 0 aromatic carbocycles. The van der Waals surface area contributed by atoms with Crippen LogP contribution < -0.4 is 0 Å². The second-order valence-corrected chi connectivity index (χ2v) is 3.15. The minimum atomic E-state index is 0.633. The van der Waals surface area contributed by atoms with Crippen molar-refractivity contribution < 1.29 is 0 Å². The second kappa shape index (κ2) is 3.05. The van der Waals surface area contributed by atoms with Gasteiger partial charge in [-0.25, -0.2) is 0 Å². The Morgan fingerprint density at radius 1 is 1.70 bits per heavy atom. The minimum absolute atomic E-state index is 0.633. The van der Waals surface area contributed by atoms with Gasteiger partial charge in [-0.05, 0) is 39.2 Å². The first kappa shape index (κ1) is 7.59. The molecule has 0 nitrogen and oxygen atoms in total. The van der Waals surface area contributed by atoms with E-state index in [-0.39, 0.29) is 0 Å². The lowest BCUT2D eigenvalue weighted by Gasteiger charge is -2.21. The highest BCUT2D eigenvalue weighted by Crippen LogP contribution is 2.28. The van der Waals surface area contributed by atoms with Crippen molar-refractivity contribution in [3.63, 3.8) is 0 Å². The van der Waals surface area contributed by atoms with Crippen molar-refractivity contribution in [2.45, 2.75) is 33.1 Å². The summed E-state index contributed by atoms with van der Waals surface area (Å²) in [5.41, 5.74) is 2.70. The third kappa shape index (κ3) is 1.50. The average Bonchev–Trinajstić information content (AvgIpc) is 1.88. The van der Waals surface area contributed by atoms with Crippen molar-refractivity contribution in [2.24, 2.45) is 5.92 Å². The zero-order valence-electron chi connectivity index (χ0n) is 6.91. The first-order chi connectivity index (χ1) is 4.72. The molecule has 0 aromatic heterocycles. The van der Waals surface area contributed by atoms with Crippen molar-refractivity contribution in [3.8, 4) is 0 Å². The van der Waals surface area contributed by atoms with Crippen LogP contribution in [-0.4, -0.2) is 0 Å². The maximum absolute atomic E-state index is 3.97. The molecule has 1 aliphatic rings. The van der Waals surface area contributed by atoms with E-state index < -0.39 is 0 Å². The van der Waals surface area contributed by atoms with Gasteiger partial charge >= 0.3 is 0 Å². The molecule has 1 aliphatic carbocycles. The summed E-state index contributed by atoms with van der Waals surface area (Å²) in [6.45, 7) is 8.25. The van der Waals surface area contributed by atoms with Gasteiger partial charge in [-0.3, -0.25) is 0 Å². The van der Waals surface area contributed by atoms with Gasteiger partial charge in [-0.2, -0.15) is 0 Å². The van der Waals surface area contributed by atoms with E-state index in [4.69, 9.17) is 0 Å². The minimum Gasteiger partial charge on any atom is -0.0995 e. The van der Waals surface area contributed by atoms with Gasteiger partial charge in [0.15, 0.2) is 0 Å². The molecule has 1 atom stereocenters. The van der Waals surface area contributed by atoms with Crippen molar-refractivity contribution in [1.82, 2.24) is 0 Å². The van der Waals surface area contributed by atoms with E-state index in [0.717, 1.165) is 6.42 Å². The fraction of sp³-hybridized carbons (Fsp3) is 0.600. The molecule has 55 valence electrons. The lowest BCUT2D eigenvalue weighted by molar-refractivity contribution is 0.566. The smallest absolute Gasteiger partial charge is 0.000474 e. The van der Waals surface area contributed by atoms with Crippen LogP contribution in [0.15, 0.2) is 17.7 Å². The molecule has 0 amide bonds. The predicted octanol–water partition coefficient (Wildman–Crippen LogP) is 3.11. The maximum Gasteiger partial charge on any atom is 0.000474 e. The van der Waals surface area contributed by atoms with E-state index in [2.05, 4.69) is 26.5 Å². The molecule has 0 heterocycles. The van der Waals surface area contributed by atoms with E-state index in [9.17, 15) is 0 Å². The Labute approximate surface area is 63.6 Å². The predicted molar refractivity (Wildman–Crippen MR) is 44.6 cm³/mol. The summed E-state index contributed by atoms with van der Waals surface area (Å²) in [4.78, 5) is 0. The largest absolute Gasteiger partial charge is 0.0995 e. The summed E-state index contributed by atoms with van der Waals surface area (Å²) in [7, 11) is 0. The molecule has 0 heteroatoms. The molecule has 1 rings (SSSR count). The van der Waals surface area contributed by atoms with Crippen molar-refractivity contribution in [3.05, 3.63) is 23.8 Å². The molecule has 1 radical (unpaired) electrons. The Hall–Kier alpha value is -0.520. The molecule has 0 aliphatic heterocycles. The van der Waals surface area contributed by atoms with Crippen LogP contribution in [0, 0.1) is 12.0 Å². The van der Waals surface area contributed by atoms with Gasteiger partial charge in [-0.1, -0.05) is 17.7 Å². The first-order valence-corrected chi connectivity index (χ1v) is 3.94. The van der Waals surface area contributed by atoms with Crippen LogP contribution in [0.2, 0.25) is 0 Å². The van der Waals surface area contributed by atoms with Crippen LogP contribution in [0.3, 0.4) is 0 Å². The van der Waals surface area contributed by atoms with E-state index in [0.29, 0.717) is 5.92 Å². The Balaban J connectivity index is 2.67. The highest BCUT2D eigenvalue weighted by Gasteiger charge is 2.14. The quantitative estimate of drug-likeness (QED) is 0.485. The van der Waals surface area contributed by atoms with Gasteiger partial charge in [0.1, 0.15) is 0 Å². The number of hydrogen-bond acceptors (Lipinski definition) is 0. The standard InChI is InChI=1S/C10H15/c1-8(2)10-7-5-4-6-9(10)3/h10H,1,4-5,7H2,2-3H3. The fourth-order valence-electron chi connectivity index (χ4n) is 1.55. The molecule has 0 fully saturated rings. The van der Waals surface area contributed by atoms with Gasteiger partial charge in [-0.15, -0.1) is 0 Å². The molecule has 0 saturated carbocycles. The van der Waals surface area contributed by atoms with Crippen LogP contribution in [0.1, 0.15) is 33.1 Å². The molecule has 0 aromatic rings. The molecule has 1 unspecified atom stereocenters. The summed E-state index contributed by atoms with van der Waals surface area (Å²) in [5, 5.41) is 0. The lowest BCUT2D eigenvalue weighted by Crippen LogP contribution is -2.07. The molecule has 0 spiro atoms. The summed E-state index contributed by atoms with van der Waals surface area (Å²) >= 11 is 0. The van der Waals surface area contributed by atoms with E-state index in [1.165, 1.54) is 24.0 Å². The van der Waals surface area contributed by atoms with Crippen molar-refractivity contribution >= 4 is 0 Å². The molecule has 10 heavy (non-hydrogen) atoms. The Kier molecular flexibility index (Phi) is 2.31. The Morgan fingerprint density at radius 2 is 2.40 bits per heavy atom. The molecule has 0 saturated heterocycles. The zero-order valence-corrected chi connectivity index (χ0v) is 6.91. The molecule has 0 bridgehead atoms. The van der Waals surface area contributed by atoms with Crippen molar-refractivity contribution in [1.29, 1.82) is 0 Å². The SMILES string of the molecule is C=C(C)C1CCC[C]=C1C. The van der Waals surface area contributed by atoms with Gasteiger partial charge in [0.25, 0.3) is 0 Å². The highest BCUT2D eigenvalue weighted by molar-refractivity contribution is 5.15. The molecule has 0 N–H and O–H groups in total. The molecular weight excluding hydrogens is 120 g/mol. The Morgan fingerprint density at radius 3 is 2.80 bits per heavy atom. The van der Waals surface area contributed by atoms with Crippen LogP contribution in [-0.2, 0) is 0 Å². The second-order valence-electron chi connectivity index (χ2n) is 3.15. The van der Waals surface area contributed by atoms with Gasteiger partial charge in [0, 0.05) is 5.92 Å². The van der Waals surface area contributed by atoms with Crippen LogP contribution in [0.25, 0.3) is 0 Å². The van der Waals surface area contributed by atoms with Gasteiger partial charge in [0.2, 0.25) is 0 Å². The highest BCUT2D eigenvalue weighted by atomic mass is 14.2. The monoisotopic (exact) mass is 135 g/mol. The molecular formula is C10H15. The average molecular weight is 135 g/mol. The first-order valence-electron chi connectivity index (χ1n) is 3.94. The van der Waals surface area contributed by atoms with Crippen LogP contribution in [0.5, 0.6) is 0 Å². The van der Waals surface area contributed by atoms with E-state index in [1.807, 2.05) is 0 Å². The topological polar surface area (TPSA) is 0 Å². The van der Waals surface area contributed by atoms with Crippen LogP contribution in [0.4, 0.5) is 0 Å². The maximum atomic E-state index is 3.97. The lowest BCUT2D eigenvalue weighted by atomic mass is 9.84. The van der Waals surface area contributed by atoms with E-state index >= 15 is 0 Å². The summed E-state index contributed by atoms with van der Waals surface area (Å²) in [5.74, 6) is 0.633. The fourth-order valence-corrected chi connectivity index (χ4v) is 1.55. The zero-order chi connectivity index (χ0) is 7.56. The third-order valence-corrected chi connectivity index (χ3v) is 2.19. The summed E-state index contributed by atoms with van der Waals surface area (Å²) < 4.78 is 0. The van der Waals surface area contributed by atoms with Gasteiger partial charge < -0.3 is 0 Å². The normalized spacial score (nSPS) is 25.8. The summed E-state index contributed by atoms with van der Waals surface area (Å²) in [6, 6.07) is 0. The number of allylic oxidation sites excluding steroid dienone is 3.